The van der Waals surface area contributed by atoms with Crippen LogP contribution in [-0.2, 0) is 4.79 Å². The minimum Gasteiger partial charge on any atom is -0.353 e. The smallest absolute Gasteiger partial charge is 0.224 e. The van der Waals surface area contributed by atoms with Crippen molar-refractivity contribution in [1.29, 1.82) is 0 Å². The molecule has 106 valence electrons. The number of rotatable bonds is 5. The van der Waals surface area contributed by atoms with Gasteiger partial charge in [0.25, 0.3) is 0 Å². The van der Waals surface area contributed by atoms with Crippen LogP contribution in [-0.4, -0.2) is 18.5 Å². The third-order valence-corrected chi connectivity index (χ3v) is 4.89. The fourth-order valence-electron chi connectivity index (χ4n) is 2.76. The minimum absolute atomic E-state index is 0.0604. The van der Waals surface area contributed by atoms with Crippen LogP contribution in [0, 0.1) is 17.3 Å². The van der Waals surface area contributed by atoms with Crippen LogP contribution in [0.3, 0.4) is 0 Å². The molecule has 0 spiro atoms. The average molecular weight is 254 g/mol. The van der Waals surface area contributed by atoms with Crippen LogP contribution >= 0.6 is 0 Å². The Labute approximate surface area is 112 Å². The van der Waals surface area contributed by atoms with Crippen molar-refractivity contribution in [3.05, 3.63) is 0 Å². The Kier molecular flexibility index (Phi) is 5.64. The first-order valence-electron chi connectivity index (χ1n) is 7.41. The number of amides is 1. The van der Waals surface area contributed by atoms with Gasteiger partial charge in [-0.2, -0.15) is 0 Å². The predicted molar refractivity (Wildman–Crippen MR) is 76.2 cm³/mol. The van der Waals surface area contributed by atoms with E-state index in [9.17, 15) is 4.79 Å². The number of nitrogens with two attached hydrogens (primary N) is 1. The first-order chi connectivity index (χ1) is 8.40. The molecular formula is C15H30N2O. The fraction of sp³-hybridized carbons (Fsp3) is 0.933. The topological polar surface area (TPSA) is 55.1 Å². The molecule has 1 saturated carbocycles. The second-order valence-corrected chi connectivity index (χ2v) is 6.54. The maximum absolute atomic E-state index is 11.8. The summed E-state index contributed by atoms with van der Waals surface area (Å²) in [4.78, 5) is 11.8. The summed E-state index contributed by atoms with van der Waals surface area (Å²) in [6.07, 6.45) is 5.96. The van der Waals surface area contributed by atoms with Gasteiger partial charge < -0.3 is 11.1 Å². The first-order valence-corrected chi connectivity index (χ1v) is 7.41. The van der Waals surface area contributed by atoms with Crippen molar-refractivity contribution in [3.63, 3.8) is 0 Å². The van der Waals surface area contributed by atoms with Gasteiger partial charge in [0.05, 0.1) is 0 Å². The third kappa shape index (κ3) is 3.98. The molecule has 3 N–H and O–H groups in total. The van der Waals surface area contributed by atoms with E-state index in [-0.39, 0.29) is 11.8 Å². The van der Waals surface area contributed by atoms with Crippen LogP contribution in [0.4, 0.5) is 0 Å². The molecule has 1 aliphatic carbocycles. The summed E-state index contributed by atoms with van der Waals surface area (Å²) >= 11 is 0. The Bertz CT molecular complexity index is 268. The molecule has 0 radical (unpaired) electrons. The van der Waals surface area contributed by atoms with E-state index in [1.807, 2.05) is 6.92 Å². The molecule has 0 saturated heterocycles. The van der Waals surface area contributed by atoms with Crippen LogP contribution in [0.25, 0.3) is 0 Å². The zero-order valence-electron chi connectivity index (χ0n) is 12.5. The Morgan fingerprint density at radius 2 is 1.89 bits per heavy atom. The van der Waals surface area contributed by atoms with Gasteiger partial charge in [0.2, 0.25) is 5.91 Å². The van der Waals surface area contributed by atoms with Gasteiger partial charge in [-0.3, -0.25) is 4.79 Å². The molecule has 1 atom stereocenters. The van der Waals surface area contributed by atoms with E-state index in [2.05, 4.69) is 26.1 Å². The van der Waals surface area contributed by atoms with Crippen LogP contribution < -0.4 is 11.1 Å². The summed E-state index contributed by atoms with van der Waals surface area (Å²) in [5.74, 6) is 0.869. The van der Waals surface area contributed by atoms with Crippen LogP contribution in [0.15, 0.2) is 0 Å². The molecule has 18 heavy (non-hydrogen) atoms. The van der Waals surface area contributed by atoms with Gasteiger partial charge in [-0.25, -0.2) is 0 Å². The molecule has 1 aliphatic rings. The lowest BCUT2D eigenvalue weighted by Crippen LogP contribution is -2.43. The molecular weight excluding hydrogens is 224 g/mol. The number of hydrogen-bond acceptors (Lipinski definition) is 2. The third-order valence-electron chi connectivity index (χ3n) is 4.89. The average Bonchev–Trinajstić information content (AvgIpc) is 2.38. The summed E-state index contributed by atoms with van der Waals surface area (Å²) in [5, 5.41) is 3.14. The van der Waals surface area contributed by atoms with Crippen molar-refractivity contribution in [2.24, 2.45) is 23.0 Å². The van der Waals surface area contributed by atoms with E-state index in [1.165, 1.54) is 19.3 Å². The fourth-order valence-corrected chi connectivity index (χ4v) is 2.76. The van der Waals surface area contributed by atoms with Gasteiger partial charge in [-0.05, 0) is 37.0 Å². The SMILES string of the molecule is CCC(C)(C)C1CCC(NC(=O)C(C)CN)CC1. The molecule has 1 amide bonds. The number of carbonyl (C=O) groups excluding carboxylic acids is 1. The monoisotopic (exact) mass is 254 g/mol. The van der Waals surface area contributed by atoms with Gasteiger partial charge in [0.15, 0.2) is 0 Å². The van der Waals surface area contributed by atoms with Gasteiger partial charge in [0, 0.05) is 18.5 Å². The van der Waals surface area contributed by atoms with E-state index >= 15 is 0 Å². The maximum atomic E-state index is 11.8. The zero-order valence-corrected chi connectivity index (χ0v) is 12.5. The number of hydrogen-bond donors (Lipinski definition) is 2. The van der Waals surface area contributed by atoms with Gasteiger partial charge in [-0.1, -0.05) is 34.1 Å². The normalized spacial score (nSPS) is 26.7. The van der Waals surface area contributed by atoms with Gasteiger partial charge >= 0.3 is 0 Å². The highest BCUT2D eigenvalue weighted by Crippen LogP contribution is 2.40. The van der Waals surface area contributed by atoms with Crippen molar-refractivity contribution in [1.82, 2.24) is 5.32 Å². The molecule has 0 bridgehead atoms. The molecule has 3 nitrogen and oxygen atoms in total. The van der Waals surface area contributed by atoms with Crippen molar-refractivity contribution >= 4 is 5.91 Å². The molecule has 1 fully saturated rings. The Hall–Kier alpha value is -0.570. The van der Waals surface area contributed by atoms with Crippen LogP contribution in [0.5, 0.6) is 0 Å². The molecule has 0 heterocycles. The second-order valence-electron chi connectivity index (χ2n) is 6.54. The van der Waals surface area contributed by atoms with E-state index in [1.54, 1.807) is 0 Å². The lowest BCUT2D eigenvalue weighted by Gasteiger charge is -2.39. The molecule has 0 aromatic rings. The van der Waals surface area contributed by atoms with E-state index < -0.39 is 0 Å². The molecule has 1 unspecified atom stereocenters. The van der Waals surface area contributed by atoms with E-state index in [0.717, 1.165) is 18.8 Å². The summed E-state index contributed by atoms with van der Waals surface area (Å²) in [5.41, 5.74) is 5.96. The van der Waals surface area contributed by atoms with Crippen molar-refractivity contribution < 1.29 is 4.79 Å². The van der Waals surface area contributed by atoms with Gasteiger partial charge in [-0.15, -0.1) is 0 Å². The van der Waals surface area contributed by atoms with Crippen molar-refractivity contribution in [3.8, 4) is 0 Å². The zero-order chi connectivity index (χ0) is 13.8. The summed E-state index contributed by atoms with van der Waals surface area (Å²) < 4.78 is 0. The maximum Gasteiger partial charge on any atom is 0.224 e. The number of carbonyl (C=O) groups is 1. The molecule has 0 aromatic heterocycles. The predicted octanol–water partition coefficient (Wildman–Crippen LogP) is 2.69. The molecule has 1 rings (SSSR count). The summed E-state index contributed by atoms with van der Waals surface area (Å²) in [6.45, 7) is 9.34. The highest BCUT2D eigenvalue weighted by Gasteiger charge is 2.32. The Morgan fingerprint density at radius 1 is 1.33 bits per heavy atom. The first kappa shape index (κ1) is 15.5. The quantitative estimate of drug-likeness (QED) is 0.792. The molecule has 0 aromatic carbocycles. The standard InChI is InChI=1S/C15H30N2O/c1-5-15(3,4)12-6-8-13(9-7-12)17-14(18)11(2)10-16/h11-13H,5-10,16H2,1-4H3,(H,17,18). The van der Waals surface area contributed by atoms with Crippen LogP contribution in [0.1, 0.15) is 59.8 Å². The minimum atomic E-state index is -0.0604. The van der Waals surface area contributed by atoms with E-state index in [0.29, 0.717) is 18.0 Å². The summed E-state index contributed by atoms with van der Waals surface area (Å²) in [7, 11) is 0. The summed E-state index contributed by atoms with van der Waals surface area (Å²) in [6, 6.07) is 0.371. The molecule has 3 heteroatoms. The van der Waals surface area contributed by atoms with Crippen molar-refractivity contribution in [2.75, 3.05) is 6.54 Å². The van der Waals surface area contributed by atoms with Crippen LogP contribution in [0.2, 0.25) is 0 Å². The lowest BCUT2D eigenvalue weighted by molar-refractivity contribution is -0.125. The highest BCUT2D eigenvalue weighted by molar-refractivity contribution is 5.78. The largest absolute Gasteiger partial charge is 0.353 e. The van der Waals surface area contributed by atoms with Gasteiger partial charge in [0.1, 0.15) is 0 Å². The number of nitrogens with one attached hydrogen (secondary N) is 1. The van der Waals surface area contributed by atoms with E-state index in [4.69, 9.17) is 5.73 Å². The Morgan fingerprint density at radius 3 is 2.33 bits per heavy atom. The lowest BCUT2D eigenvalue weighted by atomic mass is 9.69. The second kappa shape index (κ2) is 6.55. The highest BCUT2D eigenvalue weighted by atomic mass is 16.1. The Balaban J connectivity index is 2.38. The van der Waals surface area contributed by atoms with Crippen molar-refractivity contribution in [2.45, 2.75) is 65.8 Å². The molecule has 0 aliphatic heterocycles.